The smallest absolute Gasteiger partial charge is 0.375 e. The van der Waals surface area contributed by atoms with Crippen LogP contribution in [0.4, 0.5) is 11.4 Å². The Balaban J connectivity index is 2.26. The van der Waals surface area contributed by atoms with Gasteiger partial charge in [-0.1, -0.05) is 0 Å². The van der Waals surface area contributed by atoms with Crippen molar-refractivity contribution < 1.29 is 9.53 Å². The molecule has 0 saturated carbocycles. The summed E-state index contributed by atoms with van der Waals surface area (Å²) >= 11 is 1.27. The van der Waals surface area contributed by atoms with Gasteiger partial charge in [-0.15, -0.1) is 16.2 Å². The lowest BCUT2D eigenvalue weighted by atomic mass is 10.1. The Morgan fingerprint density at radius 2 is 1.96 bits per heavy atom. The van der Waals surface area contributed by atoms with Crippen molar-refractivity contribution in [2.45, 2.75) is 0 Å². The largest absolute Gasteiger partial charge is 0.497 e. The predicted octanol–water partition coefficient (Wildman–Crippen LogP) is 3.40. The zero-order valence-electron chi connectivity index (χ0n) is 13.7. The molecule has 3 rings (SSSR count). The Morgan fingerprint density at radius 3 is 2.52 bits per heavy atom. The number of carbonyl (C=O) groups excluding carboxylic acids is 1. The van der Waals surface area contributed by atoms with E-state index in [9.17, 15) is 10.1 Å². The van der Waals surface area contributed by atoms with Crippen molar-refractivity contribution >= 4 is 35.4 Å². The Morgan fingerprint density at radius 1 is 1.20 bits per heavy atom. The quantitative estimate of drug-likeness (QED) is 0.789. The van der Waals surface area contributed by atoms with Crippen LogP contribution in [0.2, 0.25) is 0 Å². The molecular formula is C18H15N4O2S+. The molecule has 0 bridgehead atoms. The van der Waals surface area contributed by atoms with Crippen LogP contribution in [-0.4, -0.2) is 30.6 Å². The van der Waals surface area contributed by atoms with Gasteiger partial charge in [-0.3, -0.25) is 4.98 Å². The second-order valence-corrected chi connectivity index (χ2v) is 5.97. The van der Waals surface area contributed by atoms with E-state index in [0.29, 0.717) is 22.2 Å². The van der Waals surface area contributed by atoms with Crippen molar-refractivity contribution in [1.82, 2.24) is 9.47 Å². The summed E-state index contributed by atoms with van der Waals surface area (Å²) in [6.45, 7) is 0. The third kappa shape index (κ3) is 2.71. The van der Waals surface area contributed by atoms with Crippen molar-refractivity contribution in [3.05, 3.63) is 59.4 Å². The van der Waals surface area contributed by atoms with E-state index in [0.717, 1.165) is 0 Å². The predicted molar refractivity (Wildman–Crippen MR) is 98.3 cm³/mol. The fraction of sp³-hybridized carbons (Fsp3) is 0.111. The SMILES string of the molecule is COc1ccc([N+]2(c3cccnc3)C=NC(SC)=C(C#N)C2=O)cc1. The highest BCUT2D eigenvalue weighted by Crippen LogP contribution is 2.39. The Kier molecular flexibility index (Phi) is 4.65. The standard InChI is InChI=1S/C18H15N4O2S/c1-24-15-7-5-13(6-8-15)22(14-4-3-9-20-11-14)12-21-17(25-2)16(10-19)18(22)23/h3-9,11-12H,1-2H3/q+1. The normalized spacial score (nSPS) is 19.6. The minimum Gasteiger partial charge on any atom is -0.497 e. The summed E-state index contributed by atoms with van der Waals surface area (Å²) in [5.41, 5.74) is 1.29. The van der Waals surface area contributed by atoms with Crippen molar-refractivity contribution in [3.63, 3.8) is 0 Å². The van der Waals surface area contributed by atoms with E-state index < -0.39 is 0 Å². The summed E-state index contributed by atoms with van der Waals surface area (Å²) in [5, 5.41) is 9.93. The van der Waals surface area contributed by atoms with Gasteiger partial charge in [0.2, 0.25) is 6.34 Å². The van der Waals surface area contributed by atoms with Gasteiger partial charge in [0.1, 0.15) is 16.8 Å². The molecule has 1 amide bonds. The molecular weight excluding hydrogens is 336 g/mol. The zero-order chi connectivity index (χ0) is 17.9. The van der Waals surface area contributed by atoms with E-state index >= 15 is 0 Å². The topological polar surface area (TPSA) is 75.3 Å². The van der Waals surface area contributed by atoms with Crippen LogP contribution in [0.25, 0.3) is 0 Å². The van der Waals surface area contributed by atoms with E-state index in [1.165, 1.54) is 11.8 Å². The molecule has 25 heavy (non-hydrogen) atoms. The van der Waals surface area contributed by atoms with Crippen LogP contribution in [0.1, 0.15) is 0 Å². The number of quaternary nitrogens is 1. The highest BCUT2D eigenvalue weighted by Gasteiger charge is 2.47. The number of thioether (sulfide) groups is 1. The van der Waals surface area contributed by atoms with Gasteiger partial charge in [0.15, 0.2) is 16.9 Å². The minimum atomic E-state index is -0.361. The van der Waals surface area contributed by atoms with Crippen molar-refractivity contribution in [2.24, 2.45) is 4.99 Å². The molecule has 124 valence electrons. The minimum absolute atomic E-state index is 0.0367. The van der Waals surface area contributed by atoms with E-state index in [4.69, 9.17) is 4.74 Å². The number of nitriles is 1. The molecule has 1 atom stereocenters. The zero-order valence-corrected chi connectivity index (χ0v) is 14.5. The summed E-state index contributed by atoms with van der Waals surface area (Å²) < 4.78 is 4.87. The number of hydrogen-bond donors (Lipinski definition) is 0. The molecule has 1 aliphatic heterocycles. The summed E-state index contributed by atoms with van der Waals surface area (Å²) in [5.74, 6) is 0.315. The first-order valence-electron chi connectivity index (χ1n) is 7.40. The molecule has 0 radical (unpaired) electrons. The number of rotatable bonds is 4. The van der Waals surface area contributed by atoms with Crippen molar-refractivity contribution in [1.29, 1.82) is 5.26 Å². The molecule has 0 aliphatic carbocycles. The third-order valence-corrected chi connectivity index (χ3v) is 4.63. The number of methoxy groups -OCH3 is 1. The number of hydrogen-bond acceptors (Lipinski definition) is 6. The monoisotopic (exact) mass is 351 g/mol. The highest BCUT2D eigenvalue weighted by molar-refractivity contribution is 8.02. The number of carbonyl (C=O) groups is 1. The molecule has 2 aromatic rings. The Bertz CT molecular complexity index is 901. The molecule has 1 aromatic carbocycles. The van der Waals surface area contributed by atoms with Crippen LogP contribution in [0, 0.1) is 11.3 Å². The third-order valence-electron chi connectivity index (χ3n) is 3.93. The number of nitrogens with zero attached hydrogens (tertiary/aromatic N) is 4. The lowest BCUT2D eigenvalue weighted by Gasteiger charge is -2.31. The van der Waals surface area contributed by atoms with Crippen LogP contribution < -0.4 is 9.22 Å². The first kappa shape index (κ1) is 16.9. The number of amides is 1. The fourth-order valence-electron chi connectivity index (χ4n) is 2.67. The first-order valence-corrected chi connectivity index (χ1v) is 8.62. The molecule has 1 aliphatic rings. The average molecular weight is 351 g/mol. The fourth-order valence-corrected chi connectivity index (χ4v) is 3.16. The first-order chi connectivity index (χ1) is 12.2. The lowest BCUT2D eigenvalue weighted by Crippen LogP contribution is -2.51. The van der Waals surface area contributed by atoms with Crippen LogP contribution in [0.15, 0.2) is 64.4 Å². The maximum absolute atomic E-state index is 13.3. The number of ether oxygens (including phenoxy) is 1. The number of aromatic nitrogens is 1. The van der Waals surface area contributed by atoms with Gasteiger partial charge < -0.3 is 4.74 Å². The average Bonchev–Trinajstić information content (AvgIpc) is 2.68. The molecule has 0 spiro atoms. The second-order valence-electron chi connectivity index (χ2n) is 5.18. The summed E-state index contributed by atoms with van der Waals surface area (Å²) in [6.07, 6.45) is 6.57. The second kappa shape index (κ2) is 6.89. The number of aliphatic imine (C=N–C) groups is 1. The van der Waals surface area contributed by atoms with Gasteiger partial charge in [-0.05, 0) is 24.5 Å². The molecule has 7 heteroatoms. The highest BCUT2D eigenvalue weighted by atomic mass is 32.2. The van der Waals surface area contributed by atoms with Crippen LogP contribution in [-0.2, 0) is 4.79 Å². The number of benzene rings is 1. The molecule has 6 nitrogen and oxygen atoms in total. The van der Waals surface area contributed by atoms with Crippen molar-refractivity contribution in [3.8, 4) is 11.8 Å². The van der Waals surface area contributed by atoms with E-state index in [1.807, 2.05) is 6.07 Å². The summed E-state index contributed by atoms with van der Waals surface area (Å²) in [6, 6.07) is 12.7. The molecule has 0 N–H and O–H groups in total. The molecule has 0 saturated heterocycles. The Hall–Kier alpha value is -2.95. The molecule has 2 heterocycles. The van der Waals surface area contributed by atoms with Crippen molar-refractivity contribution in [2.75, 3.05) is 13.4 Å². The van der Waals surface area contributed by atoms with E-state index in [1.54, 1.807) is 68.5 Å². The summed E-state index contributed by atoms with van der Waals surface area (Å²) in [4.78, 5) is 21.8. The van der Waals surface area contributed by atoms with Crippen LogP contribution in [0.3, 0.4) is 0 Å². The number of pyridine rings is 1. The summed E-state index contributed by atoms with van der Waals surface area (Å²) in [7, 11) is 1.58. The maximum atomic E-state index is 13.3. The van der Waals surface area contributed by atoms with Gasteiger partial charge in [-0.2, -0.15) is 10.3 Å². The Labute approximate surface area is 149 Å². The van der Waals surface area contributed by atoms with Gasteiger partial charge in [0, 0.05) is 24.4 Å². The van der Waals surface area contributed by atoms with Gasteiger partial charge in [0.25, 0.3) is 0 Å². The van der Waals surface area contributed by atoms with Gasteiger partial charge in [0.05, 0.1) is 13.3 Å². The molecule has 0 fully saturated rings. The van der Waals surface area contributed by atoms with Crippen LogP contribution in [0.5, 0.6) is 5.75 Å². The lowest BCUT2D eigenvalue weighted by molar-refractivity contribution is -0.120. The van der Waals surface area contributed by atoms with E-state index in [-0.39, 0.29) is 16.0 Å². The maximum Gasteiger partial charge on any atom is 0.375 e. The van der Waals surface area contributed by atoms with Gasteiger partial charge >= 0.3 is 5.91 Å². The molecule has 1 unspecified atom stereocenters. The van der Waals surface area contributed by atoms with Crippen LogP contribution >= 0.6 is 11.8 Å². The van der Waals surface area contributed by atoms with E-state index in [2.05, 4.69) is 9.98 Å². The molecule has 1 aromatic heterocycles. The van der Waals surface area contributed by atoms with Gasteiger partial charge in [-0.25, -0.2) is 4.79 Å².